The van der Waals surface area contributed by atoms with Crippen LogP contribution in [-0.4, -0.2) is 46.5 Å². The molecule has 1 aromatic carbocycles. The van der Waals surface area contributed by atoms with Gasteiger partial charge in [-0.25, -0.2) is 0 Å². The van der Waals surface area contributed by atoms with Crippen molar-refractivity contribution in [1.29, 1.82) is 0 Å². The second-order valence-electron chi connectivity index (χ2n) is 3.81. The first-order valence-electron chi connectivity index (χ1n) is 5.16. The van der Waals surface area contributed by atoms with Crippen LogP contribution in [0.15, 0.2) is 30.3 Å². The van der Waals surface area contributed by atoms with Crippen molar-refractivity contribution in [2.75, 3.05) is 11.9 Å². The number of ether oxygens (including phenoxy) is 1. The third kappa shape index (κ3) is 2.33. The van der Waals surface area contributed by atoms with Crippen molar-refractivity contribution in [3.8, 4) is 0 Å². The minimum atomic E-state index is -1.19. The van der Waals surface area contributed by atoms with Crippen LogP contribution in [-0.2, 0) is 4.74 Å². The van der Waals surface area contributed by atoms with E-state index in [2.05, 4.69) is 5.32 Å². The summed E-state index contributed by atoms with van der Waals surface area (Å²) in [5, 5.41) is 31.4. The molecule has 1 aliphatic rings. The van der Waals surface area contributed by atoms with Crippen LogP contribution < -0.4 is 5.32 Å². The second-order valence-corrected chi connectivity index (χ2v) is 3.81. The zero-order valence-corrected chi connectivity index (χ0v) is 8.65. The fourth-order valence-electron chi connectivity index (χ4n) is 1.63. The van der Waals surface area contributed by atoms with Crippen molar-refractivity contribution < 1.29 is 20.1 Å². The number of hydrogen-bond acceptors (Lipinski definition) is 5. The first-order valence-corrected chi connectivity index (χ1v) is 5.16. The fraction of sp³-hybridized carbons (Fsp3) is 0.455. The van der Waals surface area contributed by atoms with Crippen LogP contribution in [0.3, 0.4) is 0 Å². The predicted octanol–water partition coefficient (Wildman–Crippen LogP) is -0.463. The third-order valence-corrected chi connectivity index (χ3v) is 2.58. The molecule has 16 heavy (non-hydrogen) atoms. The maximum Gasteiger partial charge on any atom is 0.156 e. The summed E-state index contributed by atoms with van der Waals surface area (Å²) in [7, 11) is 0. The summed E-state index contributed by atoms with van der Waals surface area (Å²) in [6, 6.07) is 9.23. The third-order valence-electron chi connectivity index (χ3n) is 2.58. The zero-order chi connectivity index (χ0) is 11.5. The molecule has 88 valence electrons. The molecule has 1 aromatic rings. The minimum absolute atomic E-state index is 0.00271. The highest BCUT2D eigenvalue weighted by molar-refractivity contribution is 5.43. The first-order chi connectivity index (χ1) is 7.68. The Hall–Kier alpha value is -1.14. The van der Waals surface area contributed by atoms with Gasteiger partial charge in [-0.3, -0.25) is 0 Å². The Kier molecular flexibility index (Phi) is 3.40. The van der Waals surface area contributed by atoms with E-state index >= 15 is 0 Å². The molecule has 4 N–H and O–H groups in total. The van der Waals surface area contributed by atoms with Crippen molar-refractivity contribution in [2.45, 2.75) is 24.5 Å². The molecule has 5 heteroatoms. The highest BCUT2D eigenvalue weighted by atomic mass is 16.5. The largest absolute Gasteiger partial charge is 0.388 e. The predicted molar refractivity (Wildman–Crippen MR) is 57.8 cm³/mol. The number of aliphatic hydroxyl groups is 3. The maximum absolute atomic E-state index is 9.67. The van der Waals surface area contributed by atoms with Gasteiger partial charge in [0.15, 0.2) is 6.23 Å². The summed E-state index contributed by atoms with van der Waals surface area (Å²) in [5.74, 6) is 0. The molecule has 1 aliphatic heterocycles. The fourth-order valence-corrected chi connectivity index (χ4v) is 1.63. The van der Waals surface area contributed by atoms with E-state index in [0.29, 0.717) is 0 Å². The van der Waals surface area contributed by atoms with Gasteiger partial charge in [0.05, 0.1) is 6.61 Å². The molecule has 5 nitrogen and oxygen atoms in total. The minimum Gasteiger partial charge on any atom is -0.388 e. The van der Waals surface area contributed by atoms with E-state index in [0.717, 1.165) is 5.69 Å². The van der Waals surface area contributed by atoms with E-state index in [4.69, 9.17) is 4.74 Å². The highest BCUT2D eigenvalue weighted by Crippen LogP contribution is 2.18. The van der Waals surface area contributed by atoms with Gasteiger partial charge in [0.25, 0.3) is 0 Å². The van der Waals surface area contributed by atoms with Crippen molar-refractivity contribution in [3.63, 3.8) is 0 Å². The van der Waals surface area contributed by atoms with Crippen LogP contribution in [0.25, 0.3) is 0 Å². The smallest absolute Gasteiger partial charge is 0.156 e. The number of nitrogens with one attached hydrogen (secondary N) is 1. The lowest BCUT2D eigenvalue weighted by atomic mass is 10.0. The molecule has 4 atom stereocenters. The summed E-state index contributed by atoms with van der Waals surface area (Å²) < 4.78 is 5.21. The molecule has 0 amide bonds. The highest BCUT2D eigenvalue weighted by Gasteiger charge is 2.37. The monoisotopic (exact) mass is 225 g/mol. The van der Waals surface area contributed by atoms with Gasteiger partial charge < -0.3 is 25.4 Å². The summed E-state index contributed by atoms with van der Waals surface area (Å²) in [6.07, 6.45) is -4.08. The van der Waals surface area contributed by atoms with Gasteiger partial charge in [-0.15, -0.1) is 0 Å². The van der Waals surface area contributed by atoms with Crippen molar-refractivity contribution >= 4 is 5.69 Å². The van der Waals surface area contributed by atoms with Crippen molar-refractivity contribution in [1.82, 2.24) is 0 Å². The molecule has 2 rings (SSSR count). The molecule has 0 spiro atoms. The van der Waals surface area contributed by atoms with Gasteiger partial charge >= 0.3 is 0 Å². The van der Waals surface area contributed by atoms with E-state index in [1.165, 1.54) is 0 Å². The Labute approximate surface area is 93.3 Å². The van der Waals surface area contributed by atoms with E-state index in [1.807, 2.05) is 30.3 Å². The molecule has 0 radical (unpaired) electrons. The molecule has 1 fully saturated rings. The number of hydrogen-bond donors (Lipinski definition) is 4. The number of aliphatic hydroxyl groups excluding tert-OH is 3. The first kappa shape index (κ1) is 11.3. The summed E-state index contributed by atoms with van der Waals surface area (Å²) in [4.78, 5) is 0. The topological polar surface area (TPSA) is 82.0 Å². The molecule has 1 heterocycles. The molecule has 0 bridgehead atoms. The van der Waals surface area contributed by atoms with E-state index in [1.54, 1.807) is 0 Å². The van der Waals surface area contributed by atoms with Crippen molar-refractivity contribution in [3.05, 3.63) is 30.3 Å². The Morgan fingerprint density at radius 3 is 2.44 bits per heavy atom. The maximum atomic E-state index is 9.67. The standard InChI is InChI=1S/C11H15NO4/c13-8-6-16-11(10(15)9(8)14)12-7-4-2-1-3-5-7/h1-5,8-15H,6H2/t8-,9-,10+,11+/m0/s1. The van der Waals surface area contributed by atoms with Crippen LogP contribution >= 0.6 is 0 Å². The van der Waals surface area contributed by atoms with Gasteiger partial charge in [0.2, 0.25) is 0 Å². The van der Waals surface area contributed by atoms with Gasteiger partial charge in [-0.1, -0.05) is 18.2 Å². The molecule has 0 aromatic heterocycles. The SMILES string of the molecule is O[C@@H]1[C@@H](O)[C@@H](O)CO[C@H]1Nc1ccccc1. The lowest BCUT2D eigenvalue weighted by molar-refractivity contribution is -0.178. The van der Waals surface area contributed by atoms with Gasteiger partial charge in [0, 0.05) is 5.69 Å². The Bertz CT molecular complexity index is 332. The number of benzene rings is 1. The van der Waals surface area contributed by atoms with Crippen LogP contribution in [0.4, 0.5) is 5.69 Å². The average molecular weight is 225 g/mol. The zero-order valence-electron chi connectivity index (χ0n) is 8.65. The van der Waals surface area contributed by atoms with Crippen molar-refractivity contribution in [2.24, 2.45) is 0 Å². The van der Waals surface area contributed by atoms with Gasteiger partial charge in [-0.05, 0) is 12.1 Å². The molecular weight excluding hydrogens is 210 g/mol. The van der Waals surface area contributed by atoms with Crippen LogP contribution in [0.2, 0.25) is 0 Å². The van der Waals surface area contributed by atoms with Crippen LogP contribution in [0.1, 0.15) is 0 Å². The molecular formula is C11H15NO4. The number of para-hydroxylation sites is 1. The number of rotatable bonds is 2. The quantitative estimate of drug-likeness (QED) is 0.547. The molecule has 0 unspecified atom stereocenters. The lowest BCUT2D eigenvalue weighted by Crippen LogP contribution is -2.55. The van der Waals surface area contributed by atoms with E-state index < -0.39 is 24.5 Å². The Balaban J connectivity index is 2.00. The number of anilines is 1. The lowest BCUT2D eigenvalue weighted by Gasteiger charge is -2.35. The Morgan fingerprint density at radius 1 is 1.06 bits per heavy atom. The van der Waals surface area contributed by atoms with E-state index in [-0.39, 0.29) is 6.61 Å². The molecule has 1 saturated heterocycles. The normalized spacial score (nSPS) is 34.7. The average Bonchev–Trinajstić information content (AvgIpc) is 2.31. The van der Waals surface area contributed by atoms with Crippen LogP contribution in [0.5, 0.6) is 0 Å². The van der Waals surface area contributed by atoms with Crippen LogP contribution in [0, 0.1) is 0 Å². The van der Waals surface area contributed by atoms with Gasteiger partial charge in [0.1, 0.15) is 18.3 Å². The molecule has 0 saturated carbocycles. The summed E-state index contributed by atoms with van der Waals surface area (Å²) in [6.45, 7) is 0.00271. The summed E-state index contributed by atoms with van der Waals surface area (Å²) >= 11 is 0. The summed E-state index contributed by atoms with van der Waals surface area (Å²) in [5.41, 5.74) is 0.787. The van der Waals surface area contributed by atoms with E-state index in [9.17, 15) is 15.3 Å². The Morgan fingerprint density at radius 2 is 1.75 bits per heavy atom. The molecule has 0 aliphatic carbocycles. The second kappa shape index (κ2) is 4.80. The van der Waals surface area contributed by atoms with Gasteiger partial charge in [-0.2, -0.15) is 0 Å².